The lowest BCUT2D eigenvalue weighted by Gasteiger charge is -2.50. The van der Waals surface area contributed by atoms with Gasteiger partial charge in [-0.2, -0.15) is 0 Å². The Morgan fingerprint density at radius 2 is 0.958 bits per heavy atom. The van der Waals surface area contributed by atoms with E-state index in [1.165, 1.54) is 0 Å². The lowest BCUT2D eigenvalue weighted by Crippen LogP contribution is -2.70. The summed E-state index contributed by atoms with van der Waals surface area (Å²) in [5, 5.41) is 136. The summed E-state index contributed by atoms with van der Waals surface area (Å²) in [6, 6.07) is -1.61. The Morgan fingerprint density at radius 3 is 1.50 bits per heavy atom. The van der Waals surface area contributed by atoms with Crippen molar-refractivity contribution in [1.82, 2.24) is 5.32 Å². The maximum absolute atomic E-state index is 12.3. The van der Waals surface area contributed by atoms with Crippen LogP contribution in [0.3, 0.4) is 0 Å². The zero-order valence-electron chi connectivity index (χ0n) is 25.5. The second kappa shape index (κ2) is 16.8. The highest BCUT2D eigenvalue weighted by atomic mass is 16.8. The van der Waals surface area contributed by atoms with Gasteiger partial charge >= 0.3 is 0 Å². The average molecular weight is 708 g/mol. The summed E-state index contributed by atoms with van der Waals surface area (Å²) < 4.78 is 38.7. The predicted octanol–water partition coefficient (Wildman–Crippen LogP) is -9.61. The highest BCUT2D eigenvalue weighted by Gasteiger charge is 2.55. The van der Waals surface area contributed by atoms with Crippen molar-refractivity contribution in [2.24, 2.45) is 0 Å². The van der Waals surface area contributed by atoms with Gasteiger partial charge in [0.1, 0.15) is 97.6 Å². The van der Waals surface area contributed by atoms with Gasteiger partial charge in [-0.1, -0.05) is 0 Å². The average Bonchev–Trinajstić information content (AvgIpc) is 3.06. The standard InChI is InChI=1S/C26H45NO21/c1-6(32)27-11-21(47-25-18(39)15(36)12(33)7(2-28)44-25)13(34)8(3-29)43-24(11)48-22-14(35)9(4-30)45-26(19(22)40)46-20-10(5-31)42-23(41)17(38)16(20)37/h7-26,28-31,33-41H,2-5H2,1H3,(H,27,32)/t7?,8?,9?,10?,11?,12-,13+,14-,15?,16?,17?,18?,19?,20+,21?,22?,23?,24?,25-,26-/m0/s1. The number of ether oxygens (including phenoxy) is 7. The van der Waals surface area contributed by atoms with Crippen LogP contribution in [0.5, 0.6) is 0 Å². The Hall–Kier alpha value is -1.33. The van der Waals surface area contributed by atoms with E-state index in [-0.39, 0.29) is 0 Å². The van der Waals surface area contributed by atoms with Crippen LogP contribution in [0, 0.1) is 0 Å². The first-order chi connectivity index (χ1) is 22.7. The van der Waals surface area contributed by atoms with Gasteiger partial charge in [-0.05, 0) is 0 Å². The van der Waals surface area contributed by atoms with E-state index >= 15 is 0 Å². The highest BCUT2D eigenvalue weighted by Crippen LogP contribution is 2.34. The van der Waals surface area contributed by atoms with E-state index in [0.717, 1.165) is 6.92 Å². The van der Waals surface area contributed by atoms with Crippen LogP contribution in [0.2, 0.25) is 0 Å². The van der Waals surface area contributed by atoms with Crippen LogP contribution in [0.4, 0.5) is 0 Å². The Kier molecular flexibility index (Phi) is 13.8. The van der Waals surface area contributed by atoms with Crippen LogP contribution in [0.1, 0.15) is 6.92 Å². The fourth-order valence-corrected chi connectivity index (χ4v) is 5.94. The van der Waals surface area contributed by atoms with Gasteiger partial charge in [-0.15, -0.1) is 0 Å². The predicted molar refractivity (Wildman–Crippen MR) is 145 cm³/mol. The number of amides is 1. The number of rotatable bonds is 11. The highest BCUT2D eigenvalue weighted by molar-refractivity contribution is 5.73. The third kappa shape index (κ3) is 8.08. The van der Waals surface area contributed by atoms with Crippen molar-refractivity contribution >= 4 is 5.91 Å². The molecular formula is C26H45NO21. The molecule has 280 valence electrons. The van der Waals surface area contributed by atoms with Gasteiger partial charge in [-0.25, -0.2) is 0 Å². The zero-order valence-corrected chi connectivity index (χ0v) is 25.5. The second-order valence-electron chi connectivity index (χ2n) is 11.9. The summed E-state index contributed by atoms with van der Waals surface area (Å²) in [5.74, 6) is -0.765. The molecule has 4 fully saturated rings. The van der Waals surface area contributed by atoms with E-state index < -0.39 is 155 Å². The Bertz CT molecular complexity index is 1030. The summed E-state index contributed by atoms with van der Waals surface area (Å²) in [5.41, 5.74) is 0. The molecule has 22 heteroatoms. The molecule has 14 N–H and O–H groups in total. The first kappa shape index (κ1) is 39.5. The summed E-state index contributed by atoms with van der Waals surface area (Å²) >= 11 is 0. The number of aliphatic hydroxyl groups is 13. The molecule has 0 aromatic rings. The zero-order chi connectivity index (χ0) is 35.6. The molecule has 0 aliphatic carbocycles. The maximum atomic E-state index is 12.3. The third-order valence-corrected chi connectivity index (χ3v) is 8.61. The number of nitrogens with one attached hydrogen (secondary N) is 1. The Morgan fingerprint density at radius 1 is 0.500 bits per heavy atom. The fraction of sp³-hybridized carbons (Fsp3) is 0.962. The van der Waals surface area contributed by atoms with Gasteiger partial charge in [-0.3, -0.25) is 4.79 Å². The lowest BCUT2D eigenvalue weighted by molar-refractivity contribution is -0.379. The molecule has 0 radical (unpaired) electrons. The van der Waals surface area contributed by atoms with Crippen molar-refractivity contribution < 1.29 is 104 Å². The van der Waals surface area contributed by atoms with E-state index in [0.29, 0.717) is 0 Å². The van der Waals surface area contributed by atoms with Gasteiger partial charge in [0.25, 0.3) is 0 Å². The van der Waals surface area contributed by atoms with Crippen LogP contribution in [0.25, 0.3) is 0 Å². The monoisotopic (exact) mass is 707 g/mol. The van der Waals surface area contributed by atoms with E-state index in [9.17, 15) is 71.2 Å². The minimum absolute atomic E-state index is 0.765. The molecule has 4 aliphatic rings. The molecule has 0 aromatic heterocycles. The number of carbonyl (C=O) groups excluding carboxylic acids is 1. The van der Waals surface area contributed by atoms with E-state index in [1.54, 1.807) is 0 Å². The van der Waals surface area contributed by atoms with Crippen LogP contribution < -0.4 is 5.32 Å². The first-order valence-electron chi connectivity index (χ1n) is 15.1. The molecule has 0 bridgehead atoms. The van der Waals surface area contributed by atoms with E-state index in [4.69, 9.17) is 33.2 Å². The summed E-state index contributed by atoms with van der Waals surface area (Å²) in [6.45, 7) is -2.41. The molecule has 22 nitrogen and oxygen atoms in total. The molecule has 0 aromatic carbocycles. The van der Waals surface area contributed by atoms with Crippen molar-refractivity contribution in [3.63, 3.8) is 0 Å². The van der Waals surface area contributed by atoms with Crippen molar-refractivity contribution in [3.8, 4) is 0 Å². The van der Waals surface area contributed by atoms with E-state index in [1.807, 2.05) is 0 Å². The minimum atomic E-state index is -2.04. The Labute approximate surface area is 272 Å². The van der Waals surface area contributed by atoms with E-state index in [2.05, 4.69) is 5.32 Å². The van der Waals surface area contributed by atoms with Crippen molar-refractivity contribution in [1.29, 1.82) is 0 Å². The summed E-state index contributed by atoms with van der Waals surface area (Å²) in [7, 11) is 0. The molecule has 0 spiro atoms. The molecule has 48 heavy (non-hydrogen) atoms. The van der Waals surface area contributed by atoms with Crippen molar-refractivity contribution in [2.45, 2.75) is 130 Å². The van der Waals surface area contributed by atoms with Crippen molar-refractivity contribution in [2.75, 3.05) is 26.4 Å². The largest absolute Gasteiger partial charge is 0.394 e. The van der Waals surface area contributed by atoms with Gasteiger partial charge < -0.3 is 105 Å². The molecule has 4 heterocycles. The molecule has 4 aliphatic heterocycles. The van der Waals surface area contributed by atoms with Crippen molar-refractivity contribution in [3.05, 3.63) is 0 Å². The smallest absolute Gasteiger partial charge is 0.217 e. The SMILES string of the molecule is CC(=O)NC1C(OC2C(O)[C@H](O[C@@H]3C(CO)OC(O)C(O)C3O)OC(CO)[C@@H]2O)OC(CO)[C@@H](O)C1O[C@@H]1OC(CO)[C@H](O)C(O)C1O. The molecule has 4 saturated heterocycles. The normalized spacial score (nSPS) is 50.2. The van der Waals surface area contributed by atoms with Gasteiger partial charge in [0.2, 0.25) is 5.91 Å². The fourth-order valence-electron chi connectivity index (χ4n) is 5.94. The lowest BCUT2D eigenvalue weighted by atomic mass is 9.94. The molecular weight excluding hydrogens is 662 g/mol. The Balaban J connectivity index is 1.61. The van der Waals surface area contributed by atoms with Crippen LogP contribution >= 0.6 is 0 Å². The van der Waals surface area contributed by atoms with Crippen LogP contribution in [-0.4, -0.2) is 221 Å². The number of carbonyl (C=O) groups is 1. The molecule has 20 atom stereocenters. The topological polar surface area (TPSA) is 357 Å². The van der Waals surface area contributed by atoms with Crippen LogP contribution in [0.15, 0.2) is 0 Å². The number of hydrogen-bond donors (Lipinski definition) is 14. The van der Waals surface area contributed by atoms with Gasteiger partial charge in [0.15, 0.2) is 25.2 Å². The summed E-state index contributed by atoms with van der Waals surface area (Å²) in [6.07, 6.45) is -33.8. The third-order valence-electron chi connectivity index (χ3n) is 8.61. The van der Waals surface area contributed by atoms with Gasteiger partial charge in [0, 0.05) is 6.92 Å². The molecule has 4 rings (SSSR count). The first-order valence-corrected chi connectivity index (χ1v) is 15.1. The maximum Gasteiger partial charge on any atom is 0.217 e. The molecule has 1 amide bonds. The molecule has 0 saturated carbocycles. The summed E-state index contributed by atoms with van der Waals surface area (Å²) in [4.78, 5) is 12.3. The second-order valence-corrected chi connectivity index (χ2v) is 11.9. The quantitative estimate of drug-likeness (QED) is 0.0947. The van der Waals surface area contributed by atoms with Crippen LogP contribution in [-0.2, 0) is 38.0 Å². The molecule has 14 unspecified atom stereocenters. The van der Waals surface area contributed by atoms with Gasteiger partial charge in [0.05, 0.1) is 26.4 Å². The minimum Gasteiger partial charge on any atom is -0.394 e. The number of aliphatic hydroxyl groups excluding tert-OH is 13. The number of hydrogen-bond acceptors (Lipinski definition) is 21.